The van der Waals surface area contributed by atoms with Crippen molar-refractivity contribution in [2.24, 2.45) is 5.84 Å². The zero-order valence-electron chi connectivity index (χ0n) is 12.5. The topological polar surface area (TPSA) is 71.2 Å². The molecule has 0 aromatic carbocycles. The number of aromatic nitrogens is 1. The summed E-state index contributed by atoms with van der Waals surface area (Å²) in [7, 11) is 1.80. The number of hydrazine groups is 1. The van der Waals surface area contributed by atoms with Gasteiger partial charge in [-0.3, -0.25) is 4.79 Å². The van der Waals surface area contributed by atoms with Crippen LogP contribution in [0.4, 0.5) is 5.82 Å². The molecule has 2 rings (SSSR count). The van der Waals surface area contributed by atoms with Crippen molar-refractivity contribution in [1.82, 2.24) is 9.88 Å². The first-order chi connectivity index (χ1) is 10.0. The predicted molar refractivity (Wildman–Crippen MR) is 86.3 cm³/mol. The van der Waals surface area contributed by atoms with Gasteiger partial charge in [0.05, 0.1) is 0 Å². The smallest absolute Gasteiger partial charge is 0.254 e. The van der Waals surface area contributed by atoms with Gasteiger partial charge in [-0.15, -0.1) is 0 Å². The highest BCUT2D eigenvalue weighted by Crippen LogP contribution is 2.19. The minimum Gasteiger partial charge on any atom is -0.337 e. The van der Waals surface area contributed by atoms with Crippen LogP contribution in [0.5, 0.6) is 0 Å². The van der Waals surface area contributed by atoms with Crippen molar-refractivity contribution in [1.29, 1.82) is 0 Å². The molecule has 0 aliphatic carbocycles. The summed E-state index contributed by atoms with van der Waals surface area (Å²) < 4.78 is 0. The fraction of sp³-hybridized carbons (Fsp3) is 0.333. The molecule has 2 aromatic heterocycles. The number of pyridine rings is 1. The fourth-order valence-corrected chi connectivity index (χ4v) is 2.65. The van der Waals surface area contributed by atoms with Crippen LogP contribution in [0.25, 0.3) is 0 Å². The summed E-state index contributed by atoms with van der Waals surface area (Å²) in [4.78, 5) is 18.6. The maximum atomic E-state index is 12.5. The van der Waals surface area contributed by atoms with Crippen LogP contribution in [0.3, 0.4) is 0 Å². The van der Waals surface area contributed by atoms with E-state index in [1.807, 2.05) is 36.7 Å². The van der Waals surface area contributed by atoms with E-state index in [2.05, 4.69) is 10.4 Å². The summed E-state index contributed by atoms with van der Waals surface area (Å²) in [6.07, 6.45) is 0. The molecule has 1 amide bonds. The lowest BCUT2D eigenvalue weighted by Gasteiger charge is -2.18. The second kappa shape index (κ2) is 6.69. The lowest BCUT2D eigenvalue weighted by Crippen LogP contribution is -2.26. The van der Waals surface area contributed by atoms with E-state index in [-0.39, 0.29) is 11.8 Å². The van der Waals surface area contributed by atoms with E-state index in [1.165, 1.54) is 0 Å². The van der Waals surface area contributed by atoms with E-state index in [1.54, 1.807) is 29.4 Å². The second-order valence-corrected chi connectivity index (χ2v) is 6.04. The van der Waals surface area contributed by atoms with Crippen LogP contribution in [0, 0.1) is 0 Å². The summed E-state index contributed by atoms with van der Waals surface area (Å²) in [5, 5.41) is 4.05. The summed E-state index contributed by atoms with van der Waals surface area (Å²) in [5.74, 6) is 6.13. The molecule has 0 saturated carbocycles. The van der Waals surface area contributed by atoms with Gasteiger partial charge in [0.1, 0.15) is 5.82 Å². The van der Waals surface area contributed by atoms with E-state index in [0.717, 1.165) is 11.3 Å². The number of nitrogens with zero attached hydrogens (tertiary/aromatic N) is 2. The molecule has 0 aliphatic heterocycles. The molecule has 2 heterocycles. The molecule has 0 radical (unpaired) electrons. The summed E-state index contributed by atoms with van der Waals surface area (Å²) in [6, 6.07) is 5.53. The van der Waals surface area contributed by atoms with Gasteiger partial charge in [-0.25, -0.2) is 10.8 Å². The minimum absolute atomic E-state index is 0.0398. The number of carbonyl (C=O) groups excluding carboxylic acids is 1. The van der Waals surface area contributed by atoms with Crippen LogP contribution in [-0.2, 0) is 6.54 Å². The molecule has 21 heavy (non-hydrogen) atoms. The maximum absolute atomic E-state index is 12.5. The van der Waals surface area contributed by atoms with Gasteiger partial charge in [-0.05, 0) is 40.4 Å². The van der Waals surface area contributed by atoms with Crippen molar-refractivity contribution >= 4 is 23.1 Å². The molecule has 2 aromatic rings. The average Bonchev–Trinajstić information content (AvgIpc) is 2.98. The molecule has 0 atom stereocenters. The third kappa shape index (κ3) is 3.80. The molecule has 0 bridgehead atoms. The third-order valence-corrected chi connectivity index (χ3v) is 3.91. The third-order valence-electron chi connectivity index (χ3n) is 3.18. The Morgan fingerprint density at radius 3 is 2.81 bits per heavy atom. The monoisotopic (exact) mass is 304 g/mol. The molecule has 0 unspecified atom stereocenters. The fourth-order valence-electron chi connectivity index (χ4n) is 1.99. The quantitative estimate of drug-likeness (QED) is 0.658. The Morgan fingerprint density at radius 1 is 1.48 bits per heavy atom. The van der Waals surface area contributed by atoms with Gasteiger partial charge < -0.3 is 10.3 Å². The molecule has 112 valence electrons. The van der Waals surface area contributed by atoms with Gasteiger partial charge in [-0.1, -0.05) is 13.8 Å². The highest BCUT2D eigenvalue weighted by atomic mass is 32.1. The molecular formula is C15H20N4OS. The SMILES string of the molecule is CC(C)c1cc(C(=O)N(C)Cc2ccsc2)cc(NN)n1. The van der Waals surface area contributed by atoms with Gasteiger partial charge >= 0.3 is 0 Å². The molecule has 0 saturated heterocycles. The molecule has 3 N–H and O–H groups in total. The zero-order valence-corrected chi connectivity index (χ0v) is 13.3. The Bertz CT molecular complexity index is 610. The van der Waals surface area contributed by atoms with Gasteiger partial charge in [0.2, 0.25) is 0 Å². The van der Waals surface area contributed by atoms with E-state index in [9.17, 15) is 4.79 Å². The van der Waals surface area contributed by atoms with Gasteiger partial charge in [0.15, 0.2) is 0 Å². The van der Waals surface area contributed by atoms with Crippen LogP contribution in [0.1, 0.15) is 41.4 Å². The Kier molecular flexibility index (Phi) is 4.93. The van der Waals surface area contributed by atoms with E-state index in [4.69, 9.17) is 5.84 Å². The van der Waals surface area contributed by atoms with Gasteiger partial charge in [-0.2, -0.15) is 11.3 Å². The Labute approximate surface area is 128 Å². The zero-order chi connectivity index (χ0) is 15.4. The largest absolute Gasteiger partial charge is 0.337 e. The number of carbonyl (C=O) groups is 1. The van der Waals surface area contributed by atoms with Crippen molar-refractivity contribution in [2.75, 3.05) is 12.5 Å². The first-order valence-corrected chi connectivity index (χ1v) is 7.70. The maximum Gasteiger partial charge on any atom is 0.254 e. The van der Waals surface area contributed by atoms with Crippen molar-refractivity contribution in [3.05, 3.63) is 45.8 Å². The first kappa shape index (κ1) is 15.5. The Balaban J connectivity index is 2.23. The number of nitrogens with two attached hydrogens (primary N) is 1. The highest BCUT2D eigenvalue weighted by Gasteiger charge is 2.15. The van der Waals surface area contributed by atoms with Crippen LogP contribution in [-0.4, -0.2) is 22.8 Å². The second-order valence-electron chi connectivity index (χ2n) is 5.26. The number of hydrogen-bond donors (Lipinski definition) is 2. The van der Waals surface area contributed by atoms with E-state index in [0.29, 0.717) is 17.9 Å². The predicted octanol–water partition coefficient (Wildman–Crippen LogP) is 2.82. The lowest BCUT2D eigenvalue weighted by atomic mass is 10.1. The molecular weight excluding hydrogens is 284 g/mol. The number of rotatable bonds is 5. The van der Waals surface area contributed by atoms with Crippen LogP contribution in [0.15, 0.2) is 29.0 Å². The summed E-state index contributed by atoms with van der Waals surface area (Å²) in [5.41, 5.74) is 5.09. The molecule has 0 fully saturated rings. The molecule has 0 spiro atoms. The van der Waals surface area contributed by atoms with Crippen molar-refractivity contribution in [3.63, 3.8) is 0 Å². The van der Waals surface area contributed by atoms with Crippen LogP contribution >= 0.6 is 11.3 Å². The van der Waals surface area contributed by atoms with E-state index >= 15 is 0 Å². The number of nitrogens with one attached hydrogen (secondary N) is 1. The summed E-state index contributed by atoms with van der Waals surface area (Å²) >= 11 is 1.63. The lowest BCUT2D eigenvalue weighted by molar-refractivity contribution is 0.0785. The number of nitrogen functional groups attached to an aromatic ring is 1. The molecule has 5 nitrogen and oxygen atoms in total. The van der Waals surface area contributed by atoms with Crippen LogP contribution in [0.2, 0.25) is 0 Å². The number of anilines is 1. The Hall–Kier alpha value is -1.92. The Morgan fingerprint density at radius 2 is 2.24 bits per heavy atom. The normalized spacial score (nSPS) is 10.7. The number of thiophene rings is 1. The standard InChI is InChI=1S/C15H20N4OS/c1-10(2)13-6-12(7-14(17-13)18-16)15(20)19(3)8-11-4-5-21-9-11/h4-7,9-10H,8,16H2,1-3H3,(H,17,18). The van der Waals surface area contributed by atoms with Crippen molar-refractivity contribution in [2.45, 2.75) is 26.3 Å². The average molecular weight is 304 g/mol. The van der Waals surface area contributed by atoms with Gasteiger partial charge in [0, 0.05) is 24.8 Å². The van der Waals surface area contributed by atoms with Gasteiger partial charge in [0.25, 0.3) is 5.91 Å². The minimum atomic E-state index is -0.0398. The van der Waals surface area contributed by atoms with Crippen molar-refractivity contribution in [3.8, 4) is 0 Å². The van der Waals surface area contributed by atoms with Crippen LogP contribution < -0.4 is 11.3 Å². The van der Waals surface area contributed by atoms with Crippen molar-refractivity contribution < 1.29 is 4.79 Å². The summed E-state index contributed by atoms with van der Waals surface area (Å²) in [6.45, 7) is 4.66. The molecule has 6 heteroatoms. The first-order valence-electron chi connectivity index (χ1n) is 6.76. The number of amides is 1. The number of hydrogen-bond acceptors (Lipinski definition) is 5. The highest BCUT2D eigenvalue weighted by molar-refractivity contribution is 7.07. The molecule has 0 aliphatic rings. The van der Waals surface area contributed by atoms with E-state index < -0.39 is 0 Å².